The predicted molar refractivity (Wildman–Crippen MR) is 147 cm³/mol. The van der Waals surface area contributed by atoms with Crippen molar-refractivity contribution in [3.8, 4) is 23.0 Å². The molecule has 44 heavy (non-hydrogen) atoms. The number of aromatic hydroxyl groups is 4. The van der Waals surface area contributed by atoms with E-state index in [1.165, 1.54) is 43.3 Å². The molecule has 242 valence electrons. The molecule has 2 aromatic rings. The van der Waals surface area contributed by atoms with Crippen LogP contribution in [0.1, 0.15) is 18.1 Å². The Morgan fingerprint density at radius 1 is 0.795 bits per heavy atom. The monoisotopic (exact) mass is 624 g/mol. The maximum Gasteiger partial charge on any atom is 0.330 e. The number of hydrogen-bond acceptors (Lipinski definition) is 15. The summed E-state index contributed by atoms with van der Waals surface area (Å²) in [5.41, 5.74) is 0.962. The fourth-order valence-electron chi connectivity index (χ4n) is 4.66. The Bertz CT molecular complexity index is 1300. The zero-order chi connectivity index (χ0) is 32.1. The maximum atomic E-state index is 12.4. The summed E-state index contributed by atoms with van der Waals surface area (Å²) in [6.45, 7) is 0.804. The number of esters is 1. The number of carbonyl (C=O) groups excluding carboxylic acids is 1. The molecule has 4 rings (SSSR count). The number of aliphatic hydroxyl groups excluding tert-OH is 5. The maximum absolute atomic E-state index is 12.4. The summed E-state index contributed by atoms with van der Waals surface area (Å²) in [6, 6.07) is 8.05. The number of aliphatic hydroxyl groups is 5. The van der Waals surface area contributed by atoms with Gasteiger partial charge in [0.2, 0.25) is 0 Å². The van der Waals surface area contributed by atoms with Crippen LogP contribution in [-0.4, -0.2) is 127 Å². The second-order valence-corrected chi connectivity index (χ2v) is 10.5. The lowest BCUT2D eigenvalue weighted by molar-refractivity contribution is -0.357. The van der Waals surface area contributed by atoms with Crippen molar-refractivity contribution in [2.45, 2.75) is 74.8 Å². The van der Waals surface area contributed by atoms with Crippen molar-refractivity contribution < 1.29 is 74.4 Å². The molecule has 2 aromatic carbocycles. The second kappa shape index (κ2) is 14.5. The van der Waals surface area contributed by atoms with E-state index in [9.17, 15) is 50.8 Å². The molecule has 2 heterocycles. The molecule has 15 nitrogen and oxygen atoms in total. The third kappa shape index (κ3) is 7.95. The van der Waals surface area contributed by atoms with E-state index < -0.39 is 74.0 Å². The highest BCUT2D eigenvalue weighted by atomic mass is 16.7. The van der Waals surface area contributed by atoms with E-state index in [1.54, 1.807) is 6.07 Å². The first-order valence-corrected chi connectivity index (χ1v) is 13.7. The van der Waals surface area contributed by atoms with Gasteiger partial charge in [0.05, 0.1) is 12.7 Å². The Morgan fingerprint density at radius 2 is 1.48 bits per heavy atom. The van der Waals surface area contributed by atoms with E-state index in [2.05, 4.69) is 0 Å². The Kier molecular flexibility index (Phi) is 11.0. The van der Waals surface area contributed by atoms with Gasteiger partial charge < -0.3 is 69.6 Å². The normalized spacial score (nSPS) is 32.5. The number of benzene rings is 2. The average Bonchev–Trinajstić information content (AvgIpc) is 2.99. The van der Waals surface area contributed by atoms with Crippen LogP contribution in [0, 0.1) is 0 Å². The van der Waals surface area contributed by atoms with Crippen LogP contribution in [-0.2, 0) is 34.9 Å². The van der Waals surface area contributed by atoms with Crippen LogP contribution in [0.25, 0.3) is 6.08 Å². The average molecular weight is 625 g/mol. The smallest absolute Gasteiger partial charge is 0.330 e. The summed E-state index contributed by atoms with van der Waals surface area (Å²) in [6.07, 6.45) is -12.5. The van der Waals surface area contributed by atoms with E-state index in [-0.39, 0.29) is 36.0 Å². The van der Waals surface area contributed by atoms with Gasteiger partial charge in [0, 0.05) is 6.08 Å². The number of phenols is 4. The highest BCUT2D eigenvalue weighted by molar-refractivity contribution is 5.87. The van der Waals surface area contributed by atoms with Gasteiger partial charge in [0.1, 0.15) is 49.3 Å². The van der Waals surface area contributed by atoms with Crippen LogP contribution in [0.4, 0.5) is 0 Å². The summed E-state index contributed by atoms with van der Waals surface area (Å²) in [5.74, 6) is -2.23. The van der Waals surface area contributed by atoms with Gasteiger partial charge in [-0.1, -0.05) is 12.1 Å². The van der Waals surface area contributed by atoms with E-state index >= 15 is 0 Å². The van der Waals surface area contributed by atoms with Crippen molar-refractivity contribution in [3.05, 3.63) is 53.6 Å². The number of hydrogen-bond donors (Lipinski definition) is 9. The Morgan fingerprint density at radius 3 is 2.16 bits per heavy atom. The standard InChI is InChI=1S/C29H36O15/c1-13-22(35)24(37)25(38)29(42-13)44-27-23(36)20(12-41-21(34)7-4-14-2-5-16(30)18(32)10-14)43-28(26(27)39)40-9-8-15-3-6-17(31)19(33)11-15/h2-7,10-11,13,20,22-33,35-39H,8-9,12H2,1H3/t13-,20-,22+,23-,24-,25-,26-,27-,28-,29-/m1/s1. The number of rotatable bonds is 10. The van der Waals surface area contributed by atoms with Crippen LogP contribution in [0.15, 0.2) is 42.5 Å². The molecule has 0 aromatic heterocycles. The molecule has 0 saturated carbocycles. The van der Waals surface area contributed by atoms with Crippen molar-refractivity contribution in [2.24, 2.45) is 0 Å². The molecule has 0 unspecified atom stereocenters. The Balaban J connectivity index is 1.44. The molecule has 0 amide bonds. The lowest BCUT2D eigenvalue weighted by atomic mass is 9.97. The minimum atomic E-state index is -1.74. The van der Waals surface area contributed by atoms with Crippen molar-refractivity contribution in [1.29, 1.82) is 0 Å². The van der Waals surface area contributed by atoms with Crippen molar-refractivity contribution in [2.75, 3.05) is 13.2 Å². The first-order valence-electron chi connectivity index (χ1n) is 13.7. The topological polar surface area (TPSA) is 245 Å². The van der Waals surface area contributed by atoms with Crippen molar-refractivity contribution in [1.82, 2.24) is 0 Å². The molecule has 0 spiro atoms. The van der Waals surface area contributed by atoms with Crippen molar-refractivity contribution in [3.63, 3.8) is 0 Å². The molecule has 9 N–H and O–H groups in total. The van der Waals surface area contributed by atoms with Gasteiger partial charge >= 0.3 is 5.97 Å². The fraction of sp³-hybridized carbons (Fsp3) is 0.483. The summed E-state index contributed by atoms with van der Waals surface area (Å²) >= 11 is 0. The molecule has 0 bridgehead atoms. The molecular formula is C29H36O15. The second-order valence-electron chi connectivity index (χ2n) is 10.5. The van der Waals surface area contributed by atoms with E-state index in [4.69, 9.17) is 23.7 Å². The molecular weight excluding hydrogens is 588 g/mol. The molecule has 2 saturated heterocycles. The third-order valence-electron chi connectivity index (χ3n) is 7.26. The van der Waals surface area contributed by atoms with E-state index in [1.807, 2.05) is 0 Å². The Labute approximate surface area is 251 Å². The van der Waals surface area contributed by atoms with Gasteiger partial charge in [-0.25, -0.2) is 4.79 Å². The third-order valence-corrected chi connectivity index (χ3v) is 7.26. The highest BCUT2D eigenvalue weighted by Crippen LogP contribution is 2.31. The molecule has 0 aliphatic carbocycles. The van der Waals surface area contributed by atoms with Gasteiger partial charge in [-0.05, 0) is 54.8 Å². The Hall–Kier alpha value is -3.51. The molecule has 2 aliphatic heterocycles. The van der Waals surface area contributed by atoms with Crippen LogP contribution >= 0.6 is 0 Å². The van der Waals surface area contributed by atoms with Gasteiger partial charge in [-0.3, -0.25) is 0 Å². The van der Waals surface area contributed by atoms with Crippen LogP contribution in [0.5, 0.6) is 23.0 Å². The molecule has 0 radical (unpaired) electrons. The SMILES string of the molecule is C[C@H]1O[C@H](O[C@H]2[C@@H](O)[C@H](OCCc3ccc(O)c(O)c3)O[C@H](COC(=O)C=Cc3ccc(O)c(O)c3)[C@H]2O)[C@H](O)[C@H](O)[C@H]1O. The largest absolute Gasteiger partial charge is 0.504 e. The number of carbonyl (C=O) groups is 1. The van der Waals surface area contributed by atoms with Crippen LogP contribution in [0.2, 0.25) is 0 Å². The van der Waals surface area contributed by atoms with Gasteiger partial charge in [0.15, 0.2) is 35.6 Å². The lowest BCUT2D eigenvalue weighted by Gasteiger charge is -2.45. The summed E-state index contributed by atoms with van der Waals surface area (Å²) in [5, 5.41) is 90.8. The lowest BCUT2D eigenvalue weighted by Crippen LogP contribution is -2.64. The number of phenolic OH excluding ortho intramolecular Hbond substituents is 4. The minimum absolute atomic E-state index is 0.0754. The van der Waals surface area contributed by atoms with E-state index in [0.29, 0.717) is 11.1 Å². The summed E-state index contributed by atoms with van der Waals surface area (Å²) in [4.78, 5) is 12.4. The first kappa shape index (κ1) is 33.4. The molecule has 15 heteroatoms. The quantitative estimate of drug-likeness (QED) is 0.0873. The first-order chi connectivity index (χ1) is 20.8. The number of ether oxygens (including phenoxy) is 5. The van der Waals surface area contributed by atoms with Gasteiger partial charge in [-0.15, -0.1) is 0 Å². The predicted octanol–water partition coefficient (Wildman–Crippen LogP) is -1.02. The highest BCUT2D eigenvalue weighted by Gasteiger charge is 2.50. The zero-order valence-electron chi connectivity index (χ0n) is 23.5. The molecule has 10 atom stereocenters. The van der Waals surface area contributed by atoms with Crippen LogP contribution < -0.4 is 0 Å². The van der Waals surface area contributed by atoms with Crippen molar-refractivity contribution >= 4 is 12.0 Å². The van der Waals surface area contributed by atoms with Gasteiger partial charge in [0.25, 0.3) is 0 Å². The zero-order valence-corrected chi connectivity index (χ0v) is 23.5. The molecule has 2 aliphatic rings. The van der Waals surface area contributed by atoms with Crippen LogP contribution in [0.3, 0.4) is 0 Å². The minimum Gasteiger partial charge on any atom is -0.504 e. The summed E-state index contributed by atoms with van der Waals surface area (Å²) in [7, 11) is 0. The fourth-order valence-corrected chi connectivity index (χ4v) is 4.66. The summed E-state index contributed by atoms with van der Waals surface area (Å²) < 4.78 is 27.7. The van der Waals surface area contributed by atoms with E-state index in [0.717, 1.165) is 6.08 Å². The molecule has 2 fully saturated rings. The van der Waals surface area contributed by atoms with Gasteiger partial charge in [-0.2, -0.15) is 0 Å².